The number of fused-ring (bicyclic) bond motifs is 1. The quantitative estimate of drug-likeness (QED) is 0.715. The second-order valence-corrected chi connectivity index (χ2v) is 7.19. The van der Waals surface area contributed by atoms with E-state index in [1.54, 1.807) is 0 Å². The van der Waals surface area contributed by atoms with Gasteiger partial charge in [0.05, 0.1) is 6.61 Å². The molecule has 5 heteroatoms. The van der Waals surface area contributed by atoms with Crippen LogP contribution in [0.2, 0.25) is 0 Å². The van der Waals surface area contributed by atoms with Crippen molar-refractivity contribution in [2.75, 3.05) is 18.9 Å². The van der Waals surface area contributed by atoms with E-state index in [4.69, 9.17) is 10.5 Å². The summed E-state index contributed by atoms with van der Waals surface area (Å²) in [6, 6.07) is 20.6. The Morgan fingerprint density at radius 2 is 1.90 bits per heavy atom. The third-order valence-electron chi connectivity index (χ3n) is 5.27. The van der Waals surface area contributed by atoms with Gasteiger partial charge in [-0.05, 0) is 35.7 Å². The van der Waals surface area contributed by atoms with E-state index < -0.39 is 0 Å². The summed E-state index contributed by atoms with van der Waals surface area (Å²) in [5, 5.41) is 9.79. The highest BCUT2D eigenvalue weighted by Gasteiger charge is 2.25. The lowest BCUT2D eigenvalue weighted by Crippen LogP contribution is -2.31. The van der Waals surface area contributed by atoms with Crippen molar-refractivity contribution in [1.82, 2.24) is 9.88 Å². The molecule has 0 atom stereocenters. The van der Waals surface area contributed by atoms with Crippen molar-refractivity contribution < 1.29 is 4.74 Å². The largest absolute Gasteiger partial charge is 0.494 e. The van der Waals surface area contributed by atoms with E-state index >= 15 is 0 Å². The zero-order valence-corrected chi connectivity index (χ0v) is 16.6. The Labute approximate surface area is 171 Å². The Morgan fingerprint density at radius 1 is 1.14 bits per heavy atom. The first-order valence-corrected chi connectivity index (χ1v) is 9.90. The van der Waals surface area contributed by atoms with Gasteiger partial charge in [-0.15, -0.1) is 0 Å². The van der Waals surface area contributed by atoms with Crippen LogP contribution >= 0.6 is 0 Å². The van der Waals surface area contributed by atoms with Crippen molar-refractivity contribution in [3.63, 3.8) is 0 Å². The SMILES string of the molecule is CCOc1ccc(-c2c(C#N)c(N)nc3c2CN(Cc2ccccc2)CC3)cc1. The first-order chi connectivity index (χ1) is 14.2. The zero-order valence-electron chi connectivity index (χ0n) is 16.6. The normalized spacial score (nSPS) is 13.5. The summed E-state index contributed by atoms with van der Waals surface area (Å²) in [6.45, 7) is 5.12. The van der Waals surface area contributed by atoms with Crippen LogP contribution in [0.1, 0.15) is 29.3 Å². The molecule has 0 saturated heterocycles. The average Bonchev–Trinajstić information content (AvgIpc) is 2.75. The van der Waals surface area contributed by atoms with Crippen molar-refractivity contribution in [1.29, 1.82) is 5.26 Å². The minimum atomic E-state index is 0.312. The molecule has 0 bridgehead atoms. The van der Waals surface area contributed by atoms with Gasteiger partial charge in [0.25, 0.3) is 0 Å². The molecule has 2 aromatic carbocycles. The van der Waals surface area contributed by atoms with E-state index in [2.05, 4.69) is 40.2 Å². The lowest BCUT2D eigenvalue weighted by molar-refractivity contribution is 0.244. The van der Waals surface area contributed by atoms with Crippen molar-refractivity contribution in [3.05, 3.63) is 77.0 Å². The fraction of sp³-hybridized carbons (Fsp3) is 0.250. The van der Waals surface area contributed by atoms with E-state index in [0.717, 1.165) is 54.2 Å². The topological polar surface area (TPSA) is 75.2 Å². The molecule has 0 unspecified atom stereocenters. The van der Waals surface area contributed by atoms with Crippen LogP contribution in [-0.4, -0.2) is 23.0 Å². The third-order valence-corrected chi connectivity index (χ3v) is 5.27. The number of anilines is 1. The number of nitrogens with zero attached hydrogens (tertiary/aromatic N) is 3. The molecule has 5 nitrogen and oxygen atoms in total. The maximum atomic E-state index is 9.79. The van der Waals surface area contributed by atoms with E-state index in [1.165, 1.54) is 5.56 Å². The van der Waals surface area contributed by atoms with E-state index in [9.17, 15) is 5.26 Å². The number of hydrogen-bond acceptors (Lipinski definition) is 5. The second kappa shape index (κ2) is 8.34. The number of nitrogens with two attached hydrogens (primary N) is 1. The van der Waals surface area contributed by atoms with Gasteiger partial charge in [-0.3, -0.25) is 4.90 Å². The Hall–Kier alpha value is -3.36. The standard InChI is InChI=1S/C24H24N4O/c1-2-29-19-10-8-18(9-11-19)23-20(14-25)24(26)27-22-12-13-28(16-21(22)23)15-17-6-4-3-5-7-17/h3-11H,2,12-13,15-16H2,1H3,(H2,26,27). The number of ether oxygens (including phenoxy) is 1. The number of nitrogen functional groups attached to an aromatic ring is 1. The molecule has 2 heterocycles. The van der Waals surface area contributed by atoms with Gasteiger partial charge in [-0.2, -0.15) is 5.26 Å². The summed E-state index contributed by atoms with van der Waals surface area (Å²) < 4.78 is 5.56. The van der Waals surface area contributed by atoms with Gasteiger partial charge in [-0.1, -0.05) is 42.5 Å². The van der Waals surface area contributed by atoms with Crippen LogP contribution in [-0.2, 0) is 19.5 Å². The highest BCUT2D eigenvalue weighted by Crippen LogP contribution is 2.36. The number of benzene rings is 2. The molecule has 1 aromatic heterocycles. The van der Waals surface area contributed by atoms with Crippen LogP contribution < -0.4 is 10.5 Å². The van der Waals surface area contributed by atoms with Gasteiger partial charge in [0.2, 0.25) is 0 Å². The smallest absolute Gasteiger partial charge is 0.142 e. The third kappa shape index (κ3) is 3.94. The summed E-state index contributed by atoms with van der Waals surface area (Å²) in [5.41, 5.74) is 11.9. The maximum Gasteiger partial charge on any atom is 0.142 e. The van der Waals surface area contributed by atoms with Crippen LogP contribution in [0.3, 0.4) is 0 Å². The molecule has 2 N–H and O–H groups in total. The summed E-state index contributed by atoms with van der Waals surface area (Å²) in [6.07, 6.45) is 0.822. The summed E-state index contributed by atoms with van der Waals surface area (Å²) in [7, 11) is 0. The van der Waals surface area contributed by atoms with E-state index in [1.807, 2.05) is 37.3 Å². The van der Waals surface area contributed by atoms with Gasteiger partial charge in [0.15, 0.2) is 0 Å². The average molecular weight is 384 g/mol. The van der Waals surface area contributed by atoms with Gasteiger partial charge < -0.3 is 10.5 Å². The molecule has 0 saturated carbocycles. The summed E-state index contributed by atoms with van der Waals surface area (Å²) in [5.74, 6) is 1.13. The predicted octanol–water partition coefficient (Wildman–Crippen LogP) is 4.16. The molecule has 1 aliphatic heterocycles. The molecule has 0 spiro atoms. The molecular formula is C24H24N4O. The molecule has 0 amide bonds. The lowest BCUT2D eigenvalue weighted by Gasteiger charge is -2.30. The second-order valence-electron chi connectivity index (χ2n) is 7.19. The van der Waals surface area contributed by atoms with Crippen molar-refractivity contribution in [2.45, 2.75) is 26.4 Å². The van der Waals surface area contributed by atoms with Gasteiger partial charge in [0.1, 0.15) is 23.2 Å². The van der Waals surface area contributed by atoms with E-state index in [0.29, 0.717) is 18.0 Å². The molecule has 0 radical (unpaired) electrons. The molecule has 4 rings (SSSR count). The van der Waals surface area contributed by atoms with Gasteiger partial charge in [0, 0.05) is 37.3 Å². The van der Waals surface area contributed by atoms with Crippen molar-refractivity contribution in [3.8, 4) is 22.9 Å². The van der Waals surface area contributed by atoms with Crippen LogP contribution in [0.5, 0.6) is 5.75 Å². The Bertz CT molecular complexity index is 1040. The summed E-state index contributed by atoms with van der Waals surface area (Å²) in [4.78, 5) is 6.96. The first kappa shape index (κ1) is 19.0. The number of pyridine rings is 1. The van der Waals surface area contributed by atoms with E-state index in [-0.39, 0.29) is 0 Å². The summed E-state index contributed by atoms with van der Waals surface area (Å²) >= 11 is 0. The number of aromatic nitrogens is 1. The number of nitriles is 1. The van der Waals surface area contributed by atoms with Gasteiger partial charge >= 0.3 is 0 Å². The Morgan fingerprint density at radius 3 is 2.59 bits per heavy atom. The van der Waals surface area contributed by atoms with Crippen LogP contribution in [0, 0.1) is 11.3 Å². The van der Waals surface area contributed by atoms with Crippen LogP contribution in [0.4, 0.5) is 5.82 Å². The number of hydrogen-bond donors (Lipinski definition) is 1. The predicted molar refractivity (Wildman–Crippen MR) is 114 cm³/mol. The van der Waals surface area contributed by atoms with Crippen LogP contribution in [0.25, 0.3) is 11.1 Å². The molecule has 0 aliphatic carbocycles. The fourth-order valence-corrected chi connectivity index (χ4v) is 3.93. The monoisotopic (exact) mass is 384 g/mol. The van der Waals surface area contributed by atoms with Crippen LogP contribution in [0.15, 0.2) is 54.6 Å². The minimum absolute atomic E-state index is 0.312. The van der Waals surface area contributed by atoms with Gasteiger partial charge in [-0.25, -0.2) is 4.98 Å². The van der Waals surface area contributed by atoms with Crippen molar-refractivity contribution >= 4 is 5.82 Å². The molecule has 1 aliphatic rings. The minimum Gasteiger partial charge on any atom is -0.494 e. The Kier molecular flexibility index (Phi) is 5.46. The molecule has 0 fully saturated rings. The first-order valence-electron chi connectivity index (χ1n) is 9.90. The zero-order chi connectivity index (χ0) is 20.2. The number of rotatable bonds is 5. The highest BCUT2D eigenvalue weighted by molar-refractivity contribution is 5.79. The molecule has 146 valence electrons. The highest BCUT2D eigenvalue weighted by atomic mass is 16.5. The molecule has 29 heavy (non-hydrogen) atoms. The molecule has 3 aromatic rings. The fourth-order valence-electron chi connectivity index (χ4n) is 3.93. The Balaban J connectivity index is 1.73. The van der Waals surface area contributed by atoms with Crippen molar-refractivity contribution in [2.24, 2.45) is 0 Å². The molecular weight excluding hydrogens is 360 g/mol. The maximum absolute atomic E-state index is 9.79. The lowest BCUT2D eigenvalue weighted by atomic mass is 9.91.